The quantitative estimate of drug-likeness (QED) is 0.920. The highest BCUT2D eigenvalue weighted by molar-refractivity contribution is 7.89. The molecular weight excluding hydrogens is 274 g/mol. The number of hydrogen-bond acceptors (Lipinski definition) is 3. The van der Waals surface area contributed by atoms with E-state index in [0.717, 1.165) is 16.9 Å². The molecule has 4 nitrogen and oxygen atoms in total. The number of hydrogen-bond donors (Lipinski definition) is 1. The molecule has 0 aliphatic heterocycles. The van der Waals surface area contributed by atoms with Crippen molar-refractivity contribution in [3.8, 4) is 5.75 Å². The van der Waals surface area contributed by atoms with Gasteiger partial charge in [0.05, 0.1) is 12.0 Å². The van der Waals surface area contributed by atoms with Crippen molar-refractivity contribution in [2.75, 3.05) is 7.11 Å². The fraction of sp³-hybridized carbons (Fsp3) is 0.200. The average molecular weight is 291 g/mol. The highest BCUT2D eigenvalue weighted by Crippen LogP contribution is 2.18. The number of methoxy groups -OCH3 is 1. The Morgan fingerprint density at radius 2 is 1.80 bits per heavy atom. The van der Waals surface area contributed by atoms with Crippen molar-refractivity contribution in [2.24, 2.45) is 0 Å². The van der Waals surface area contributed by atoms with Crippen molar-refractivity contribution in [3.63, 3.8) is 0 Å². The molecule has 0 aliphatic carbocycles. The molecule has 0 fully saturated rings. The highest BCUT2D eigenvalue weighted by Gasteiger charge is 2.12. The van der Waals surface area contributed by atoms with Crippen molar-refractivity contribution in [1.29, 1.82) is 0 Å². The maximum Gasteiger partial charge on any atom is 0.240 e. The fourth-order valence-electron chi connectivity index (χ4n) is 1.91. The Labute approximate surface area is 119 Å². The van der Waals surface area contributed by atoms with Gasteiger partial charge in [-0.1, -0.05) is 30.3 Å². The van der Waals surface area contributed by atoms with E-state index >= 15 is 0 Å². The molecule has 5 heteroatoms. The Morgan fingerprint density at radius 3 is 2.40 bits per heavy atom. The lowest BCUT2D eigenvalue weighted by molar-refractivity contribution is 0.411. The van der Waals surface area contributed by atoms with Crippen LogP contribution in [0, 0.1) is 6.92 Å². The highest BCUT2D eigenvalue weighted by atomic mass is 32.2. The van der Waals surface area contributed by atoms with Crippen molar-refractivity contribution >= 4 is 10.0 Å². The van der Waals surface area contributed by atoms with Gasteiger partial charge in [0.1, 0.15) is 5.75 Å². The molecule has 2 aromatic carbocycles. The van der Waals surface area contributed by atoms with Crippen LogP contribution in [0.2, 0.25) is 0 Å². The summed E-state index contributed by atoms with van der Waals surface area (Å²) in [5.74, 6) is 0.791. The molecular formula is C15H17NO3S. The van der Waals surface area contributed by atoms with E-state index in [1.165, 1.54) is 0 Å². The van der Waals surface area contributed by atoms with Crippen LogP contribution < -0.4 is 9.46 Å². The zero-order chi connectivity index (χ0) is 14.6. The van der Waals surface area contributed by atoms with Crippen LogP contribution in [0.4, 0.5) is 0 Å². The van der Waals surface area contributed by atoms with Gasteiger partial charge in [0, 0.05) is 6.54 Å². The predicted molar refractivity (Wildman–Crippen MR) is 78.2 cm³/mol. The van der Waals surface area contributed by atoms with Crippen LogP contribution in [0.25, 0.3) is 0 Å². The second kappa shape index (κ2) is 6.07. The molecule has 2 rings (SSSR count). The number of nitrogens with one attached hydrogen (secondary N) is 1. The summed E-state index contributed by atoms with van der Waals surface area (Å²) >= 11 is 0. The molecule has 0 unspecified atom stereocenters. The van der Waals surface area contributed by atoms with Gasteiger partial charge in [-0.15, -0.1) is 0 Å². The van der Waals surface area contributed by atoms with Gasteiger partial charge < -0.3 is 4.74 Å². The van der Waals surface area contributed by atoms with Crippen LogP contribution in [0.15, 0.2) is 53.4 Å². The van der Waals surface area contributed by atoms with Crippen LogP contribution in [0.3, 0.4) is 0 Å². The Kier molecular flexibility index (Phi) is 4.42. The minimum atomic E-state index is -3.47. The first-order chi connectivity index (χ1) is 9.53. The summed E-state index contributed by atoms with van der Waals surface area (Å²) in [4.78, 5) is 0.269. The third kappa shape index (κ3) is 3.37. The van der Waals surface area contributed by atoms with Crippen LogP contribution in [-0.2, 0) is 16.6 Å². The van der Waals surface area contributed by atoms with Crippen molar-refractivity contribution in [2.45, 2.75) is 18.4 Å². The molecule has 0 radical (unpaired) electrons. The zero-order valence-electron chi connectivity index (χ0n) is 11.5. The minimum Gasteiger partial charge on any atom is -0.496 e. The summed E-state index contributed by atoms with van der Waals surface area (Å²) in [7, 11) is -1.86. The lowest BCUT2D eigenvalue weighted by Crippen LogP contribution is -2.23. The first-order valence-corrected chi connectivity index (χ1v) is 7.69. The topological polar surface area (TPSA) is 55.4 Å². The lowest BCUT2D eigenvalue weighted by atomic mass is 10.1. The summed E-state index contributed by atoms with van der Waals surface area (Å²) in [6, 6.07) is 13.9. The van der Waals surface area contributed by atoms with E-state index in [-0.39, 0.29) is 11.4 Å². The van der Waals surface area contributed by atoms with Crippen LogP contribution >= 0.6 is 0 Å². The molecule has 0 aliphatic rings. The monoisotopic (exact) mass is 291 g/mol. The molecule has 0 heterocycles. The molecule has 1 N–H and O–H groups in total. The summed E-state index contributed by atoms with van der Waals surface area (Å²) < 4.78 is 31.9. The Morgan fingerprint density at radius 1 is 1.10 bits per heavy atom. The van der Waals surface area contributed by atoms with Gasteiger partial charge in [-0.25, -0.2) is 13.1 Å². The van der Waals surface area contributed by atoms with Crippen LogP contribution in [0.1, 0.15) is 11.1 Å². The van der Waals surface area contributed by atoms with Crippen molar-refractivity contribution in [3.05, 3.63) is 59.7 Å². The maximum atomic E-state index is 12.1. The molecule has 20 heavy (non-hydrogen) atoms. The standard InChI is InChI=1S/C15H17NO3S/c1-12-10-13(8-9-15(12)19-2)11-16-20(17,18)14-6-4-3-5-7-14/h3-10,16H,11H2,1-2H3. The van der Waals surface area contributed by atoms with E-state index < -0.39 is 10.0 Å². The number of sulfonamides is 1. The first-order valence-electron chi connectivity index (χ1n) is 6.21. The second-order valence-electron chi connectivity index (χ2n) is 4.44. The molecule has 0 spiro atoms. The SMILES string of the molecule is COc1ccc(CNS(=O)(=O)c2ccccc2)cc1C. The van der Waals surface area contributed by atoms with Gasteiger partial charge in [0.25, 0.3) is 0 Å². The summed E-state index contributed by atoms with van der Waals surface area (Å²) in [5, 5.41) is 0. The molecule has 0 saturated carbocycles. The predicted octanol–water partition coefficient (Wildman–Crippen LogP) is 2.48. The van der Waals surface area contributed by atoms with E-state index in [9.17, 15) is 8.42 Å². The molecule has 0 atom stereocenters. The largest absolute Gasteiger partial charge is 0.496 e. The Bertz CT molecular complexity index is 682. The number of ether oxygens (including phenoxy) is 1. The van der Waals surface area contributed by atoms with Gasteiger partial charge in [0.2, 0.25) is 10.0 Å². The van der Waals surface area contributed by atoms with E-state index in [0.29, 0.717) is 0 Å². The maximum absolute atomic E-state index is 12.1. The van der Waals surface area contributed by atoms with Crippen molar-refractivity contribution < 1.29 is 13.2 Å². The van der Waals surface area contributed by atoms with E-state index in [2.05, 4.69) is 4.72 Å². The Hall–Kier alpha value is -1.85. The van der Waals surface area contributed by atoms with Gasteiger partial charge in [-0.2, -0.15) is 0 Å². The third-order valence-corrected chi connectivity index (χ3v) is 4.40. The average Bonchev–Trinajstić information content (AvgIpc) is 2.46. The molecule has 0 aromatic heterocycles. The second-order valence-corrected chi connectivity index (χ2v) is 6.21. The summed E-state index contributed by atoms with van der Waals surface area (Å²) in [6.45, 7) is 2.18. The normalized spacial score (nSPS) is 11.3. The zero-order valence-corrected chi connectivity index (χ0v) is 12.3. The van der Waals surface area contributed by atoms with E-state index in [1.54, 1.807) is 37.4 Å². The van der Waals surface area contributed by atoms with Gasteiger partial charge in [-0.05, 0) is 36.2 Å². The first kappa shape index (κ1) is 14.6. The van der Waals surface area contributed by atoms with E-state index in [1.807, 2.05) is 25.1 Å². The smallest absolute Gasteiger partial charge is 0.240 e. The molecule has 2 aromatic rings. The van der Waals surface area contributed by atoms with Crippen LogP contribution in [0.5, 0.6) is 5.75 Å². The van der Waals surface area contributed by atoms with E-state index in [4.69, 9.17) is 4.74 Å². The Balaban J connectivity index is 2.11. The number of aryl methyl sites for hydroxylation is 1. The molecule has 0 bridgehead atoms. The third-order valence-electron chi connectivity index (χ3n) is 2.98. The number of benzene rings is 2. The van der Waals surface area contributed by atoms with Crippen molar-refractivity contribution in [1.82, 2.24) is 4.72 Å². The minimum absolute atomic E-state index is 0.252. The fourth-order valence-corrected chi connectivity index (χ4v) is 2.95. The lowest BCUT2D eigenvalue weighted by Gasteiger charge is -2.09. The molecule has 106 valence electrons. The van der Waals surface area contributed by atoms with Crippen LogP contribution in [-0.4, -0.2) is 15.5 Å². The van der Waals surface area contributed by atoms with Gasteiger partial charge in [-0.3, -0.25) is 0 Å². The van der Waals surface area contributed by atoms with Gasteiger partial charge >= 0.3 is 0 Å². The summed E-state index contributed by atoms with van der Waals surface area (Å²) in [5.41, 5.74) is 1.87. The van der Waals surface area contributed by atoms with Gasteiger partial charge in [0.15, 0.2) is 0 Å². The summed E-state index contributed by atoms with van der Waals surface area (Å²) in [6.07, 6.45) is 0. The number of rotatable bonds is 5. The molecule has 0 amide bonds. The molecule has 0 saturated heterocycles.